The Morgan fingerprint density at radius 2 is 2.33 bits per heavy atom. The SMILES string of the molecule is COc1ncc(Cl)c(N2CCC[C@@H]2[C@H]2COCC[C@@H]2O)n1. The van der Waals surface area contributed by atoms with Gasteiger partial charge >= 0.3 is 6.01 Å². The molecule has 1 N–H and O–H groups in total. The highest BCUT2D eigenvalue weighted by molar-refractivity contribution is 6.32. The Labute approximate surface area is 129 Å². The van der Waals surface area contributed by atoms with E-state index in [0.717, 1.165) is 19.4 Å². The molecule has 0 aromatic carbocycles. The zero-order valence-electron chi connectivity index (χ0n) is 12.0. The quantitative estimate of drug-likeness (QED) is 0.912. The fraction of sp³-hybridized carbons (Fsp3) is 0.714. The molecule has 0 spiro atoms. The van der Waals surface area contributed by atoms with Crippen molar-refractivity contribution in [3.8, 4) is 6.01 Å². The van der Waals surface area contributed by atoms with Crippen LogP contribution in [-0.2, 0) is 4.74 Å². The molecule has 0 radical (unpaired) electrons. The third-order valence-electron chi connectivity index (χ3n) is 4.31. The predicted molar refractivity (Wildman–Crippen MR) is 78.9 cm³/mol. The molecule has 0 aliphatic carbocycles. The second kappa shape index (κ2) is 6.34. The smallest absolute Gasteiger partial charge is 0.318 e. The minimum atomic E-state index is -0.327. The molecule has 7 heteroatoms. The van der Waals surface area contributed by atoms with E-state index in [0.29, 0.717) is 36.5 Å². The van der Waals surface area contributed by atoms with Gasteiger partial charge in [-0.1, -0.05) is 11.6 Å². The van der Waals surface area contributed by atoms with E-state index < -0.39 is 0 Å². The third kappa shape index (κ3) is 2.93. The fourth-order valence-electron chi connectivity index (χ4n) is 3.26. The molecule has 6 nitrogen and oxygen atoms in total. The van der Waals surface area contributed by atoms with Crippen molar-refractivity contribution in [1.29, 1.82) is 0 Å². The van der Waals surface area contributed by atoms with E-state index >= 15 is 0 Å². The molecule has 1 aromatic heterocycles. The summed E-state index contributed by atoms with van der Waals surface area (Å²) in [7, 11) is 1.53. The lowest BCUT2D eigenvalue weighted by molar-refractivity contribution is -0.0438. The van der Waals surface area contributed by atoms with Crippen LogP contribution >= 0.6 is 11.6 Å². The summed E-state index contributed by atoms with van der Waals surface area (Å²) in [6.45, 7) is 2.09. The van der Waals surface area contributed by atoms with Crippen molar-refractivity contribution < 1.29 is 14.6 Å². The second-order valence-corrected chi connectivity index (χ2v) is 5.93. The van der Waals surface area contributed by atoms with Gasteiger partial charge in [-0.05, 0) is 19.3 Å². The molecule has 0 amide bonds. The third-order valence-corrected chi connectivity index (χ3v) is 4.58. The summed E-state index contributed by atoms with van der Waals surface area (Å²) in [5.74, 6) is 0.780. The highest BCUT2D eigenvalue weighted by Gasteiger charge is 2.38. The Morgan fingerprint density at radius 1 is 1.48 bits per heavy atom. The van der Waals surface area contributed by atoms with Crippen molar-refractivity contribution in [2.45, 2.75) is 31.4 Å². The molecule has 2 aliphatic heterocycles. The van der Waals surface area contributed by atoms with Crippen molar-refractivity contribution >= 4 is 17.4 Å². The Kier molecular flexibility index (Phi) is 4.47. The van der Waals surface area contributed by atoms with Crippen molar-refractivity contribution in [3.63, 3.8) is 0 Å². The van der Waals surface area contributed by atoms with Gasteiger partial charge in [-0.25, -0.2) is 4.98 Å². The molecule has 0 saturated carbocycles. The summed E-state index contributed by atoms with van der Waals surface area (Å²) in [4.78, 5) is 10.6. The van der Waals surface area contributed by atoms with Crippen molar-refractivity contribution in [1.82, 2.24) is 9.97 Å². The van der Waals surface area contributed by atoms with Crippen LogP contribution in [0.3, 0.4) is 0 Å². The van der Waals surface area contributed by atoms with Gasteiger partial charge in [0.05, 0.1) is 26.0 Å². The van der Waals surface area contributed by atoms with Crippen LogP contribution < -0.4 is 9.64 Å². The van der Waals surface area contributed by atoms with Crippen LogP contribution in [0.1, 0.15) is 19.3 Å². The van der Waals surface area contributed by atoms with Crippen molar-refractivity contribution in [2.24, 2.45) is 5.92 Å². The normalized spacial score (nSPS) is 29.7. The van der Waals surface area contributed by atoms with E-state index in [1.54, 1.807) is 6.20 Å². The van der Waals surface area contributed by atoms with E-state index in [1.165, 1.54) is 7.11 Å². The molecule has 3 heterocycles. The number of aromatic nitrogens is 2. The van der Waals surface area contributed by atoms with Crippen molar-refractivity contribution in [3.05, 3.63) is 11.2 Å². The molecular formula is C14H20ClN3O3. The molecule has 3 rings (SSSR count). The van der Waals surface area contributed by atoms with Gasteiger partial charge in [-0.15, -0.1) is 0 Å². The molecule has 2 saturated heterocycles. The zero-order chi connectivity index (χ0) is 14.8. The largest absolute Gasteiger partial charge is 0.467 e. The number of anilines is 1. The lowest BCUT2D eigenvalue weighted by Gasteiger charge is -2.37. The number of ether oxygens (including phenoxy) is 2. The molecule has 2 aliphatic rings. The maximum atomic E-state index is 10.3. The lowest BCUT2D eigenvalue weighted by atomic mass is 9.89. The topological polar surface area (TPSA) is 67.7 Å². The highest BCUT2D eigenvalue weighted by atomic mass is 35.5. The summed E-state index contributed by atoms with van der Waals surface area (Å²) in [6.07, 6.45) is 3.98. The molecule has 116 valence electrons. The van der Waals surface area contributed by atoms with Crippen LogP contribution in [0.25, 0.3) is 0 Å². The molecule has 21 heavy (non-hydrogen) atoms. The average Bonchev–Trinajstić information content (AvgIpc) is 2.97. The molecule has 2 fully saturated rings. The number of hydrogen-bond donors (Lipinski definition) is 1. The molecule has 0 unspecified atom stereocenters. The van der Waals surface area contributed by atoms with E-state index in [2.05, 4.69) is 14.9 Å². The van der Waals surface area contributed by atoms with Crippen molar-refractivity contribution in [2.75, 3.05) is 31.8 Å². The molecule has 3 atom stereocenters. The molecular weight excluding hydrogens is 294 g/mol. The average molecular weight is 314 g/mol. The van der Waals surface area contributed by atoms with Crippen LogP contribution in [0.15, 0.2) is 6.20 Å². The number of methoxy groups -OCH3 is 1. The standard InChI is InChI=1S/C14H20ClN3O3/c1-20-14-16-7-10(15)13(17-14)18-5-2-3-11(18)9-8-21-6-4-12(9)19/h7,9,11-12,19H,2-6,8H2,1H3/t9-,11-,12+/m1/s1. The number of aliphatic hydroxyl groups is 1. The van der Waals surface area contributed by atoms with E-state index in [4.69, 9.17) is 21.1 Å². The molecule has 0 bridgehead atoms. The summed E-state index contributed by atoms with van der Waals surface area (Å²) in [5, 5.41) is 10.8. The fourth-order valence-corrected chi connectivity index (χ4v) is 3.46. The Bertz CT molecular complexity index is 502. The predicted octanol–water partition coefficient (Wildman–Crippen LogP) is 1.50. The summed E-state index contributed by atoms with van der Waals surface area (Å²) in [5.41, 5.74) is 0. The minimum Gasteiger partial charge on any atom is -0.467 e. The van der Waals surface area contributed by atoms with Crippen LogP contribution in [0, 0.1) is 5.92 Å². The van der Waals surface area contributed by atoms with Crippen LogP contribution in [0.4, 0.5) is 5.82 Å². The summed E-state index contributed by atoms with van der Waals surface area (Å²) >= 11 is 6.26. The molecule has 1 aromatic rings. The van der Waals surface area contributed by atoms with Gasteiger partial charge in [-0.2, -0.15) is 4.98 Å². The van der Waals surface area contributed by atoms with Gasteiger partial charge in [0, 0.05) is 25.1 Å². The van der Waals surface area contributed by atoms with Gasteiger partial charge in [0.2, 0.25) is 0 Å². The Morgan fingerprint density at radius 3 is 3.10 bits per heavy atom. The van der Waals surface area contributed by atoms with Gasteiger partial charge in [-0.3, -0.25) is 0 Å². The zero-order valence-corrected chi connectivity index (χ0v) is 12.8. The number of hydrogen-bond acceptors (Lipinski definition) is 6. The van der Waals surface area contributed by atoms with E-state index in [1.807, 2.05) is 0 Å². The highest BCUT2D eigenvalue weighted by Crippen LogP contribution is 2.36. The van der Waals surface area contributed by atoms with Gasteiger partial charge in [0.25, 0.3) is 0 Å². The maximum absolute atomic E-state index is 10.3. The van der Waals surface area contributed by atoms with Gasteiger partial charge < -0.3 is 19.5 Å². The van der Waals surface area contributed by atoms with Gasteiger partial charge in [0.1, 0.15) is 5.02 Å². The second-order valence-electron chi connectivity index (χ2n) is 5.53. The first kappa shape index (κ1) is 14.8. The Balaban J connectivity index is 1.86. The number of rotatable bonds is 3. The maximum Gasteiger partial charge on any atom is 0.318 e. The van der Waals surface area contributed by atoms with Gasteiger partial charge in [0.15, 0.2) is 5.82 Å². The Hall–Kier alpha value is -1.11. The van der Waals surface area contributed by atoms with E-state index in [9.17, 15) is 5.11 Å². The minimum absolute atomic E-state index is 0.0956. The summed E-state index contributed by atoms with van der Waals surface area (Å²) in [6, 6.07) is 0.498. The number of nitrogens with zero attached hydrogens (tertiary/aromatic N) is 3. The monoisotopic (exact) mass is 313 g/mol. The first-order valence-electron chi connectivity index (χ1n) is 7.29. The number of aliphatic hydroxyl groups excluding tert-OH is 1. The summed E-state index contributed by atoms with van der Waals surface area (Å²) < 4.78 is 10.6. The number of halogens is 1. The van der Waals surface area contributed by atoms with Crippen LogP contribution in [0.5, 0.6) is 6.01 Å². The first-order chi connectivity index (χ1) is 10.2. The van der Waals surface area contributed by atoms with E-state index in [-0.39, 0.29) is 18.1 Å². The van der Waals surface area contributed by atoms with Crippen LogP contribution in [0.2, 0.25) is 5.02 Å². The van der Waals surface area contributed by atoms with Crippen LogP contribution in [-0.4, -0.2) is 54.1 Å². The lowest BCUT2D eigenvalue weighted by Crippen LogP contribution is -2.46. The first-order valence-corrected chi connectivity index (χ1v) is 7.67.